The van der Waals surface area contributed by atoms with Crippen LogP contribution in [0.3, 0.4) is 0 Å². The minimum absolute atomic E-state index is 0.0397. The topological polar surface area (TPSA) is 84.3 Å². The molecule has 1 aromatic carbocycles. The highest BCUT2D eigenvalue weighted by Crippen LogP contribution is 2.25. The molecule has 1 unspecified atom stereocenters. The van der Waals surface area contributed by atoms with E-state index in [0.717, 1.165) is 12.8 Å². The molecule has 0 spiro atoms. The number of carbonyl (C=O) groups is 1. The zero-order valence-corrected chi connectivity index (χ0v) is 13.0. The predicted molar refractivity (Wildman–Crippen MR) is 83.6 cm³/mol. The molecule has 0 aliphatic carbocycles. The Bertz CT molecular complexity index is 513. The summed E-state index contributed by atoms with van der Waals surface area (Å²) in [6.45, 7) is 6.18. The summed E-state index contributed by atoms with van der Waals surface area (Å²) < 4.78 is 0. The van der Waals surface area contributed by atoms with Gasteiger partial charge >= 0.3 is 0 Å². The molecule has 1 rings (SSSR count). The van der Waals surface area contributed by atoms with E-state index < -0.39 is 4.92 Å². The van der Waals surface area contributed by atoms with Crippen LogP contribution < -0.4 is 10.6 Å². The van der Waals surface area contributed by atoms with Gasteiger partial charge in [-0.05, 0) is 25.0 Å². The number of anilines is 1. The summed E-state index contributed by atoms with van der Waals surface area (Å²) in [5, 5.41) is 16.6. The maximum Gasteiger partial charge on any atom is 0.292 e. The first-order chi connectivity index (χ1) is 9.94. The minimum atomic E-state index is -0.472. The van der Waals surface area contributed by atoms with Crippen molar-refractivity contribution in [2.45, 2.75) is 39.7 Å². The van der Waals surface area contributed by atoms with Gasteiger partial charge in [-0.3, -0.25) is 14.9 Å². The zero-order chi connectivity index (χ0) is 16.0. The van der Waals surface area contributed by atoms with Crippen molar-refractivity contribution in [3.05, 3.63) is 33.9 Å². The fourth-order valence-corrected chi connectivity index (χ4v) is 2.44. The molecule has 21 heavy (non-hydrogen) atoms. The average Bonchev–Trinajstić information content (AvgIpc) is 2.47. The van der Waals surface area contributed by atoms with E-state index in [2.05, 4.69) is 24.5 Å². The second-order valence-corrected chi connectivity index (χ2v) is 5.08. The first-order valence-corrected chi connectivity index (χ1v) is 7.21. The Morgan fingerprint density at radius 3 is 2.43 bits per heavy atom. The molecule has 0 bridgehead atoms. The van der Waals surface area contributed by atoms with Crippen molar-refractivity contribution >= 4 is 17.3 Å². The number of benzene rings is 1. The van der Waals surface area contributed by atoms with Crippen LogP contribution in [0.2, 0.25) is 0 Å². The standard InChI is InChI=1S/C15H23N3O3/c1-5-11(6-2)10(3)17-15(19)12-7-8-14(18(20)21)13(9-12)16-4/h7-11,16H,5-6H2,1-4H3,(H,17,19). The second-order valence-electron chi connectivity index (χ2n) is 5.08. The van der Waals surface area contributed by atoms with Gasteiger partial charge in [-0.1, -0.05) is 26.7 Å². The summed E-state index contributed by atoms with van der Waals surface area (Å²) in [5.74, 6) is 0.219. The molecule has 1 atom stereocenters. The van der Waals surface area contributed by atoms with E-state index in [4.69, 9.17) is 0 Å². The number of nitro benzene ring substituents is 1. The largest absolute Gasteiger partial charge is 0.383 e. The molecule has 0 saturated carbocycles. The van der Waals surface area contributed by atoms with Crippen LogP contribution in [0.1, 0.15) is 44.0 Å². The first kappa shape index (κ1) is 16.9. The van der Waals surface area contributed by atoms with Gasteiger partial charge in [-0.2, -0.15) is 0 Å². The summed E-state index contributed by atoms with van der Waals surface area (Å²) in [6.07, 6.45) is 2.00. The van der Waals surface area contributed by atoms with E-state index in [9.17, 15) is 14.9 Å². The van der Waals surface area contributed by atoms with Crippen molar-refractivity contribution in [2.24, 2.45) is 5.92 Å². The maximum atomic E-state index is 12.2. The van der Waals surface area contributed by atoms with Crippen LogP contribution in [0.4, 0.5) is 11.4 Å². The molecular weight excluding hydrogens is 270 g/mol. The fourth-order valence-electron chi connectivity index (χ4n) is 2.44. The number of nitrogens with zero attached hydrogens (tertiary/aromatic N) is 1. The van der Waals surface area contributed by atoms with Gasteiger partial charge in [0.25, 0.3) is 11.6 Å². The maximum absolute atomic E-state index is 12.2. The van der Waals surface area contributed by atoms with E-state index in [1.165, 1.54) is 18.2 Å². The molecule has 6 heteroatoms. The number of rotatable bonds is 7. The molecule has 0 saturated heterocycles. The van der Waals surface area contributed by atoms with E-state index in [0.29, 0.717) is 17.2 Å². The highest BCUT2D eigenvalue weighted by Gasteiger charge is 2.19. The van der Waals surface area contributed by atoms with Crippen LogP contribution >= 0.6 is 0 Å². The van der Waals surface area contributed by atoms with Gasteiger partial charge in [0.15, 0.2) is 0 Å². The molecule has 2 N–H and O–H groups in total. The highest BCUT2D eigenvalue weighted by atomic mass is 16.6. The number of hydrogen-bond acceptors (Lipinski definition) is 4. The van der Waals surface area contributed by atoms with E-state index in [1.54, 1.807) is 7.05 Å². The van der Waals surface area contributed by atoms with Crippen LogP contribution in [-0.2, 0) is 0 Å². The summed E-state index contributed by atoms with van der Waals surface area (Å²) in [5.41, 5.74) is 0.715. The molecule has 116 valence electrons. The van der Waals surface area contributed by atoms with Crippen LogP contribution in [0.15, 0.2) is 18.2 Å². The fraction of sp³-hybridized carbons (Fsp3) is 0.533. The van der Waals surface area contributed by atoms with E-state index in [-0.39, 0.29) is 17.6 Å². The molecule has 0 aliphatic rings. The Kier molecular flexibility index (Phi) is 6.14. The van der Waals surface area contributed by atoms with Crippen LogP contribution in [-0.4, -0.2) is 23.9 Å². The smallest absolute Gasteiger partial charge is 0.292 e. The van der Waals surface area contributed by atoms with Crippen molar-refractivity contribution < 1.29 is 9.72 Å². The van der Waals surface area contributed by atoms with Crippen LogP contribution in [0, 0.1) is 16.0 Å². The predicted octanol–water partition coefficient (Wildman–Crippen LogP) is 3.19. The third-order valence-electron chi connectivity index (χ3n) is 3.84. The quantitative estimate of drug-likeness (QED) is 0.597. The van der Waals surface area contributed by atoms with Crippen LogP contribution in [0.25, 0.3) is 0 Å². The van der Waals surface area contributed by atoms with Gasteiger partial charge in [-0.25, -0.2) is 0 Å². The van der Waals surface area contributed by atoms with Crippen molar-refractivity contribution in [2.75, 3.05) is 12.4 Å². The Morgan fingerprint density at radius 2 is 1.95 bits per heavy atom. The molecule has 0 aromatic heterocycles. The lowest BCUT2D eigenvalue weighted by Gasteiger charge is -2.22. The molecule has 6 nitrogen and oxygen atoms in total. The monoisotopic (exact) mass is 293 g/mol. The Balaban J connectivity index is 2.91. The number of carbonyl (C=O) groups excluding carboxylic acids is 1. The average molecular weight is 293 g/mol. The molecular formula is C15H23N3O3. The molecule has 1 aromatic rings. The van der Waals surface area contributed by atoms with Crippen molar-refractivity contribution in [3.63, 3.8) is 0 Å². The SMILES string of the molecule is CCC(CC)C(C)NC(=O)c1ccc([N+](=O)[O-])c(NC)c1. The molecule has 0 aliphatic heterocycles. The third-order valence-corrected chi connectivity index (χ3v) is 3.84. The van der Waals surface area contributed by atoms with Gasteiger partial charge in [0, 0.05) is 24.7 Å². The van der Waals surface area contributed by atoms with Crippen LogP contribution in [0.5, 0.6) is 0 Å². The summed E-state index contributed by atoms with van der Waals surface area (Å²) in [7, 11) is 1.59. The number of amides is 1. The van der Waals surface area contributed by atoms with Gasteiger partial charge in [0.05, 0.1) is 4.92 Å². The Morgan fingerprint density at radius 1 is 1.33 bits per heavy atom. The van der Waals surface area contributed by atoms with E-state index in [1.807, 2.05) is 6.92 Å². The summed E-state index contributed by atoms with van der Waals surface area (Å²) >= 11 is 0. The van der Waals surface area contributed by atoms with Crippen molar-refractivity contribution in [1.82, 2.24) is 5.32 Å². The second kappa shape index (κ2) is 7.61. The lowest BCUT2D eigenvalue weighted by Crippen LogP contribution is -2.37. The van der Waals surface area contributed by atoms with Gasteiger partial charge in [0.2, 0.25) is 0 Å². The van der Waals surface area contributed by atoms with Gasteiger partial charge in [0.1, 0.15) is 5.69 Å². The normalized spacial score (nSPS) is 12.0. The Labute approximate surface area is 125 Å². The van der Waals surface area contributed by atoms with Crippen molar-refractivity contribution in [1.29, 1.82) is 0 Å². The number of nitrogens with one attached hydrogen (secondary N) is 2. The number of nitro groups is 1. The lowest BCUT2D eigenvalue weighted by molar-refractivity contribution is -0.383. The number of hydrogen-bond donors (Lipinski definition) is 2. The van der Waals surface area contributed by atoms with Gasteiger partial charge in [-0.15, -0.1) is 0 Å². The van der Waals surface area contributed by atoms with Gasteiger partial charge < -0.3 is 10.6 Å². The first-order valence-electron chi connectivity index (χ1n) is 7.21. The zero-order valence-electron chi connectivity index (χ0n) is 13.0. The van der Waals surface area contributed by atoms with Crippen molar-refractivity contribution in [3.8, 4) is 0 Å². The van der Waals surface area contributed by atoms with E-state index >= 15 is 0 Å². The molecule has 0 fully saturated rings. The Hall–Kier alpha value is -2.11. The molecule has 1 amide bonds. The summed E-state index contributed by atoms with van der Waals surface area (Å²) in [4.78, 5) is 22.6. The summed E-state index contributed by atoms with van der Waals surface area (Å²) in [6, 6.07) is 4.41. The highest BCUT2D eigenvalue weighted by molar-refractivity contribution is 5.96. The molecule has 0 radical (unpaired) electrons. The molecule has 0 heterocycles. The minimum Gasteiger partial charge on any atom is -0.383 e. The third kappa shape index (κ3) is 4.18. The lowest BCUT2D eigenvalue weighted by atomic mass is 9.95.